The smallest absolute Gasteiger partial charge is 0.247 e. The molecule has 3 amide bonds. The summed E-state index contributed by atoms with van der Waals surface area (Å²) in [6.07, 6.45) is 8.47. The van der Waals surface area contributed by atoms with E-state index in [1.165, 1.54) is 0 Å². The summed E-state index contributed by atoms with van der Waals surface area (Å²) in [5, 5.41) is 10.3. The number of hydrogen-bond donors (Lipinski definition) is 1. The monoisotopic (exact) mass is 567 g/mol. The Kier molecular flexibility index (Phi) is 10.2. The number of thioether (sulfide) groups is 1. The van der Waals surface area contributed by atoms with E-state index in [0.29, 0.717) is 39.0 Å². The van der Waals surface area contributed by atoms with Crippen molar-refractivity contribution in [2.24, 2.45) is 11.8 Å². The van der Waals surface area contributed by atoms with Gasteiger partial charge in [-0.25, -0.2) is 0 Å². The van der Waals surface area contributed by atoms with Crippen molar-refractivity contribution < 1.29 is 19.5 Å². The summed E-state index contributed by atoms with van der Waals surface area (Å²) in [4.78, 5) is 48.3. The van der Waals surface area contributed by atoms with E-state index in [1.807, 2.05) is 42.2 Å². The SMILES string of the molecule is C=CCN(CCCCC)C(=O)C1N([C@@H](CC)CO)C(=O)[C@@H]2[C@@H](C(=O)N(CC=C)Cc3ccccc3)[C@H]3CCC12S3. The molecule has 0 aliphatic carbocycles. The van der Waals surface area contributed by atoms with Crippen LogP contribution in [-0.2, 0) is 20.9 Å². The first-order valence-electron chi connectivity index (χ1n) is 14.8. The van der Waals surface area contributed by atoms with Gasteiger partial charge in [-0.3, -0.25) is 14.4 Å². The molecule has 40 heavy (non-hydrogen) atoms. The van der Waals surface area contributed by atoms with Crippen LogP contribution in [-0.4, -0.2) is 85.8 Å². The number of benzene rings is 1. The number of carbonyl (C=O) groups is 3. The molecule has 3 heterocycles. The van der Waals surface area contributed by atoms with Gasteiger partial charge in [-0.15, -0.1) is 24.9 Å². The van der Waals surface area contributed by atoms with Crippen molar-refractivity contribution in [3.05, 3.63) is 61.2 Å². The molecule has 0 saturated carbocycles. The lowest BCUT2D eigenvalue weighted by Gasteiger charge is -2.39. The molecular formula is C32H45N3O4S. The summed E-state index contributed by atoms with van der Waals surface area (Å²) in [6, 6.07) is 8.70. The fourth-order valence-corrected chi connectivity index (χ4v) is 9.23. The number of hydrogen-bond acceptors (Lipinski definition) is 5. The molecule has 6 atom stereocenters. The number of carbonyl (C=O) groups excluding carboxylic acids is 3. The Hall–Kier alpha value is -2.58. The van der Waals surface area contributed by atoms with Gasteiger partial charge in [0.25, 0.3) is 0 Å². The van der Waals surface area contributed by atoms with Gasteiger partial charge >= 0.3 is 0 Å². The Labute approximate surface area is 243 Å². The first-order valence-corrected chi connectivity index (χ1v) is 15.7. The lowest BCUT2D eigenvalue weighted by atomic mass is 9.70. The highest BCUT2D eigenvalue weighted by Crippen LogP contribution is 2.67. The Balaban J connectivity index is 1.71. The molecule has 7 nitrogen and oxygen atoms in total. The molecule has 2 unspecified atom stereocenters. The van der Waals surface area contributed by atoms with E-state index in [4.69, 9.17) is 0 Å². The first-order chi connectivity index (χ1) is 19.4. The van der Waals surface area contributed by atoms with Crippen LogP contribution in [0, 0.1) is 11.8 Å². The third-order valence-corrected chi connectivity index (χ3v) is 10.9. The van der Waals surface area contributed by atoms with Crippen molar-refractivity contribution in [2.45, 2.75) is 81.0 Å². The summed E-state index contributed by atoms with van der Waals surface area (Å²) in [5.41, 5.74) is 1.02. The predicted molar refractivity (Wildman–Crippen MR) is 160 cm³/mol. The van der Waals surface area contributed by atoms with E-state index in [9.17, 15) is 19.5 Å². The Morgan fingerprint density at radius 1 is 1.12 bits per heavy atom. The maximum absolute atomic E-state index is 14.4. The molecule has 0 radical (unpaired) electrons. The van der Waals surface area contributed by atoms with Gasteiger partial charge in [-0.05, 0) is 31.2 Å². The van der Waals surface area contributed by atoms with Crippen LogP contribution in [0.5, 0.6) is 0 Å². The van der Waals surface area contributed by atoms with Crippen molar-refractivity contribution in [3.63, 3.8) is 0 Å². The van der Waals surface area contributed by atoms with Crippen LogP contribution in [0.3, 0.4) is 0 Å². The number of aliphatic hydroxyl groups is 1. The van der Waals surface area contributed by atoms with Crippen molar-refractivity contribution in [2.75, 3.05) is 26.2 Å². The van der Waals surface area contributed by atoms with Crippen LogP contribution in [0.4, 0.5) is 0 Å². The highest BCUT2D eigenvalue weighted by molar-refractivity contribution is 8.02. The molecule has 1 N–H and O–H groups in total. The van der Waals surface area contributed by atoms with Gasteiger partial charge in [0.1, 0.15) is 6.04 Å². The minimum Gasteiger partial charge on any atom is -0.394 e. The second-order valence-electron chi connectivity index (χ2n) is 11.3. The average molecular weight is 568 g/mol. The summed E-state index contributed by atoms with van der Waals surface area (Å²) in [5.74, 6) is -1.36. The third-order valence-electron chi connectivity index (χ3n) is 8.90. The lowest BCUT2D eigenvalue weighted by Crippen LogP contribution is -2.57. The van der Waals surface area contributed by atoms with Gasteiger partial charge in [0, 0.05) is 31.4 Å². The fourth-order valence-electron chi connectivity index (χ4n) is 7.03. The molecule has 3 aliphatic heterocycles. The first kappa shape index (κ1) is 30.4. The maximum atomic E-state index is 14.4. The van der Waals surface area contributed by atoms with Gasteiger partial charge in [-0.2, -0.15) is 0 Å². The number of nitrogens with zero attached hydrogens (tertiary/aromatic N) is 3. The average Bonchev–Trinajstić information content (AvgIpc) is 3.61. The number of likely N-dealkylation sites (tertiary alicyclic amines) is 1. The molecular weight excluding hydrogens is 522 g/mol. The molecule has 3 saturated heterocycles. The van der Waals surface area contributed by atoms with Gasteiger partial charge < -0.3 is 19.8 Å². The zero-order valence-electron chi connectivity index (χ0n) is 24.0. The second-order valence-corrected chi connectivity index (χ2v) is 12.9. The number of unbranched alkanes of at least 4 members (excludes halogenated alkanes) is 2. The summed E-state index contributed by atoms with van der Waals surface area (Å²) < 4.78 is -0.668. The van der Waals surface area contributed by atoms with Crippen LogP contribution in [0.15, 0.2) is 55.6 Å². The standard InChI is InChI=1S/C32H45N3O4S/c1-5-9-13-20-33(18-6-2)31(39)28-32-17-16-25(40-32)26(27(32)30(38)35(28)24(8-4)22-36)29(37)34(19-7-3)21-23-14-11-10-12-15-23/h6-7,10-12,14-15,24-28,36H,2-3,5,8-9,13,16-22H2,1,4H3/t24-,25+,26-,27-,28?,32?/m0/s1. The highest BCUT2D eigenvalue weighted by atomic mass is 32.2. The molecule has 1 aromatic rings. The minimum absolute atomic E-state index is 0.0101. The van der Waals surface area contributed by atoms with E-state index in [0.717, 1.165) is 31.2 Å². The molecule has 4 rings (SSSR count). The zero-order chi connectivity index (χ0) is 28.9. The molecule has 3 aliphatic rings. The van der Waals surface area contributed by atoms with E-state index in [2.05, 4.69) is 20.1 Å². The molecule has 1 spiro atoms. The number of fused-ring (bicyclic) bond motifs is 1. The molecule has 2 bridgehead atoms. The van der Waals surface area contributed by atoms with Crippen LogP contribution in [0.2, 0.25) is 0 Å². The number of amides is 3. The largest absolute Gasteiger partial charge is 0.394 e. The Morgan fingerprint density at radius 2 is 1.82 bits per heavy atom. The summed E-state index contributed by atoms with van der Waals surface area (Å²) in [7, 11) is 0. The predicted octanol–water partition coefficient (Wildman–Crippen LogP) is 4.27. The maximum Gasteiger partial charge on any atom is 0.247 e. The molecule has 3 fully saturated rings. The third kappa shape index (κ3) is 5.49. The summed E-state index contributed by atoms with van der Waals surface area (Å²) in [6.45, 7) is 13.5. The lowest BCUT2D eigenvalue weighted by molar-refractivity contribution is -0.147. The van der Waals surface area contributed by atoms with Crippen LogP contribution in [0.1, 0.15) is 57.9 Å². The normalized spacial score (nSPS) is 27.4. The van der Waals surface area contributed by atoms with Crippen LogP contribution in [0.25, 0.3) is 0 Å². The molecule has 1 aromatic carbocycles. The van der Waals surface area contributed by atoms with Crippen LogP contribution < -0.4 is 0 Å². The minimum atomic E-state index is -0.696. The quantitative estimate of drug-likeness (QED) is 0.253. The van der Waals surface area contributed by atoms with E-state index >= 15 is 0 Å². The molecule has 0 aromatic heterocycles. The van der Waals surface area contributed by atoms with Crippen molar-refractivity contribution >= 4 is 29.5 Å². The Bertz CT molecular complexity index is 1080. The molecule has 218 valence electrons. The van der Waals surface area contributed by atoms with Crippen molar-refractivity contribution in [1.82, 2.24) is 14.7 Å². The van der Waals surface area contributed by atoms with Crippen LogP contribution >= 0.6 is 11.8 Å². The highest BCUT2D eigenvalue weighted by Gasteiger charge is 2.74. The second kappa shape index (κ2) is 13.4. The zero-order valence-corrected chi connectivity index (χ0v) is 24.9. The van der Waals surface area contributed by atoms with E-state index < -0.39 is 28.7 Å². The van der Waals surface area contributed by atoms with E-state index in [-0.39, 0.29) is 29.6 Å². The van der Waals surface area contributed by atoms with Crippen molar-refractivity contribution in [1.29, 1.82) is 0 Å². The summed E-state index contributed by atoms with van der Waals surface area (Å²) >= 11 is 1.68. The van der Waals surface area contributed by atoms with Gasteiger partial charge in [0.2, 0.25) is 17.7 Å². The van der Waals surface area contributed by atoms with Gasteiger partial charge in [0.05, 0.1) is 29.2 Å². The van der Waals surface area contributed by atoms with Gasteiger partial charge in [-0.1, -0.05) is 69.2 Å². The molecule has 8 heteroatoms. The fraction of sp³-hybridized carbons (Fsp3) is 0.594. The topological polar surface area (TPSA) is 81.2 Å². The van der Waals surface area contributed by atoms with Gasteiger partial charge in [0.15, 0.2) is 0 Å². The van der Waals surface area contributed by atoms with E-state index in [1.54, 1.807) is 33.7 Å². The number of aliphatic hydroxyl groups excluding tert-OH is 1. The number of rotatable bonds is 15. The Morgan fingerprint density at radius 3 is 2.45 bits per heavy atom. The van der Waals surface area contributed by atoms with Crippen molar-refractivity contribution in [3.8, 4) is 0 Å².